The first-order valence-electron chi connectivity index (χ1n) is 7.32. The van der Waals surface area contributed by atoms with Crippen molar-refractivity contribution < 1.29 is 0 Å². The van der Waals surface area contributed by atoms with Crippen LogP contribution in [0, 0.1) is 0 Å². The first-order valence-corrected chi connectivity index (χ1v) is 7.32. The average molecular weight is 273 g/mol. The van der Waals surface area contributed by atoms with Crippen LogP contribution in [0.2, 0.25) is 0 Å². The zero-order valence-electron chi connectivity index (χ0n) is 12.5. The van der Waals surface area contributed by atoms with Gasteiger partial charge in [0.2, 0.25) is 0 Å². The first-order chi connectivity index (χ1) is 10.3. The summed E-state index contributed by atoms with van der Waals surface area (Å²) in [5, 5.41) is 0. The fourth-order valence-electron chi connectivity index (χ4n) is 2.76. The van der Waals surface area contributed by atoms with Gasteiger partial charge in [0.15, 0.2) is 0 Å². The molecular weight excluding hydrogens is 254 g/mol. The van der Waals surface area contributed by atoms with Gasteiger partial charge in [-0.25, -0.2) is 0 Å². The molecule has 1 aliphatic rings. The molecule has 104 valence electrons. The molecule has 0 N–H and O–H groups in total. The Morgan fingerprint density at radius 3 is 2.38 bits per heavy atom. The molecule has 0 aliphatic heterocycles. The van der Waals surface area contributed by atoms with Crippen LogP contribution in [0.15, 0.2) is 77.3 Å². The van der Waals surface area contributed by atoms with Crippen LogP contribution in [0.4, 0.5) is 5.69 Å². The van der Waals surface area contributed by atoms with Gasteiger partial charge in [-0.2, -0.15) is 0 Å². The van der Waals surface area contributed by atoms with Crippen molar-refractivity contribution in [2.45, 2.75) is 20.3 Å². The maximum atomic E-state index is 4.76. The lowest BCUT2D eigenvalue weighted by Gasteiger charge is -2.12. The van der Waals surface area contributed by atoms with Gasteiger partial charge in [0.25, 0.3) is 0 Å². The van der Waals surface area contributed by atoms with E-state index in [9.17, 15) is 0 Å². The zero-order valence-corrected chi connectivity index (χ0v) is 12.5. The predicted molar refractivity (Wildman–Crippen MR) is 91.1 cm³/mol. The van der Waals surface area contributed by atoms with E-state index in [4.69, 9.17) is 4.99 Å². The summed E-state index contributed by atoms with van der Waals surface area (Å²) in [4.78, 5) is 4.76. The highest BCUT2D eigenvalue weighted by Crippen LogP contribution is 2.31. The van der Waals surface area contributed by atoms with Crippen LogP contribution < -0.4 is 0 Å². The second kappa shape index (κ2) is 5.92. The number of nitrogens with zero attached hydrogens (tertiary/aromatic N) is 1. The van der Waals surface area contributed by atoms with E-state index in [1.807, 2.05) is 30.3 Å². The van der Waals surface area contributed by atoms with Crippen molar-refractivity contribution in [1.82, 2.24) is 0 Å². The smallest absolute Gasteiger partial charge is 0.0633 e. The molecule has 0 bridgehead atoms. The molecule has 0 aromatic heterocycles. The summed E-state index contributed by atoms with van der Waals surface area (Å²) in [6, 6.07) is 18.7. The molecule has 3 rings (SSSR count). The normalized spacial score (nSPS) is 14.9. The Hall–Kier alpha value is -2.41. The van der Waals surface area contributed by atoms with Crippen LogP contribution in [0.1, 0.15) is 31.4 Å². The van der Waals surface area contributed by atoms with Crippen LogP contribution in [-0.4, -0.2) is 5.71 Å². The standard InChI is InChI=1S/C20H19N/c1-15-9-8-14-18(15)20-13-7-6-12-19(20)16(2)21-17-10-4-3-5-11-17/h3-13H,14H2,1-2H3. The number of aliphatic imine (C=N–C) groups is 1. The summed E-state index contributed by atoms with van der Waals surface area (Å²) < 4.78 is 0. The number of benzene rings is 2. The van der Waals surface area contributed by atoms with Crippen LogP contribution >= 0.6 is 0 Å². The van der Waals surface area contributed by atoms with Gasteiger partial charge in [-0.15, -0.1) is 0 Å². The Labute approximate surface area is 126 Å². The van der Waals surface area contributed by atoms with Crippen molar-refractivity contribution in [2.75, 3.05) is 0 Å². The fraction of sp³-hybridized carbons (Fsp3) is 0.150. The molecule has 0 spiro atoms. The second-order valence-corrected chi connectivity index (χ2v) is 5.35. The molecule has 1 heteroatoms. The molecule has 0 fully saturated rings. The lowest BCUT2D eigenvalue weighted by atomic mass is 9.94. The van der Waals surface area contributed by atoms with Crippen molar-refractivity contribution in [3.05, 3.63) is 83.4 Å². The highest BCUT2D eigenvalue weighted by atomic mass is 14.7. The number of para-hydroxylation sites is 1. The molecule has 2 aromatic carbocycles. The summed E-state index contributed by atoms with van der Waals surface area (Å²) in [6.45, 7) is 4.27. The minimum atomic E-state index is 1.00. The fourth-order valence-corrected chi connectivity index (χ4v) is 2.76. The van der Waals surface area contributed by atoms with Gasteiger partial charge in [-0.1, -0.05) is 54.6 Å². The highest BCUT2D eigenvalue weighted by molar-refractivity contribution is 6.04. The van der Waals surface area contributed by atoms with Gasteiger partial charge in [0.05, 0.1) is 5.69 Å². The largest absolute Gasteiger partial charge is 0.253 e. The third-order valence-corrected chi connectivity index (χ3v) is 3.86. The third kappa shape index (κ3) is 2.87. The van der Waals surface area contributed by atoms with Crippen LogP contribution in [-0.2, 0) is 0 Å². The monoisotopic (exact) mass is 273 g/mol. The first kappa shape index (κ1) is 13.6. The highest BCUT2D eigenvalue weighted by Gasteiger charge is 2.13. The van der Waals surface area contributed by atoms with Crippen LogP contribution in [0.25, 0.3) is 5.57 Å². The number of hydrogen-bond donors (Lipinski definition) is 0. The van der Waals surface area contributed by atoms with Crippen LogP contribution in [0.5, 0.6) is 0 Å². The molecule has 1 nitrogen and oxygen atoms in total. The summed E-state index contributed by atoms with van der Waals surface area (Å²) >= 11 is 0. The Bertz CT molecular complexity index is 733. The minimum absolute atomic E-state index is 1.00. The average Bonchev–Trinajstić information content (AvgIpc) is 2.94. The lowest BCUT2D eigenvalue weighted by Crippen LogP contribution is -2.00. The van der Waals surface area contributed by atoms with Crippen molar-refractivity contribution in [3.8, 4) is 0 Å². The maximum Gasteiger partial charge on any atom is 0.0633 e. The van der Waals surface area contributed by atoms with Gasteiger partial charge in [0.1, 0.15) is 0 Å². The topological polar surface area (TPSA) is 12.4 Å². The van der Waals surface area contributed by atoms with Crippen LogP contribution in [0.3, 0.4) is 0 Å². The molecule has 0 radical (unpaired) electrons. The van der Waals surface area contributed by atoms with Gasteiger partial charge >= 0.3 is 0 Å². The molecule has 1 aliphatic carbocycles. The quantitative estimate of drug-likeness (QED) is 0.649. The Morgan fingerprint density at radius 1 is 0.952 bits per heavy atom. The molecule has 0 unspecified atom stereocenters. The predicted octanol–water partition coefficient (Wildman–Crippen LogP) is 5.56. The molecule has 0 saturated carbocycles. The van der Waals surface area contributed by atoms with E-state index < -0.39 is 0 Å². The number of allylic oxidation sites excluding steroid dienone is 4. The molecule has 0 saturated heterocycles. The maximum absolute atomic E-state index is 4.76. The summed E-state index contributed by atoms with van der Waals surface area (Å²) in [7, 11) is 0. The van der Waals surface area contributed by atoms with Crippen molar-refractivity contribution in [1.29, 1.82) is 0 Å². The molecular formula is C20H19N. The molecule has 0 amide bonds. The summed E-state index contributed by atoms with van der Waals surface area (Å²) in [6.07, 6.45) is 5.45. The van der Waals surface area contributed by atoms with Gasteiger partial charge in [-0.05, 0) is 49.1 Å². The van der Waals surface area contributed by atoms with E-state index in [0.29, 0.717) is 0 Å². The van der Waals surface area contributed by atoms with Gasteiger partial charge in [-0.3, -0.25) is 4.99 Å². The van der Waals surface area contributed by atoms with Crippen molar-refractivity contribution in [3.63, 3.8) is 0 Å². The van der Waals surface area contributed by atoms with Gasteiger partial charge in [0, 0.05) is 11.3 Å². The number of rotatable bonds is 3. The van der Waals surface area contributed by atoms with Crippen molar-refractivity contribution in [2.24, 2.45) is 4.99 Å². The van der Waals surface area contributed by atoms with E-state index >= 15 is 0 Å². The van der Waals surface area contributed by atoms with Crippen molar-refractivity contribution >= 4 is 17.0 Å². The van der Waals surface area contributed by atoms with E-state index in [2.05, 4.69) is 50.3 Å². The minimum Gasteiger partial charge on any atom is -0.253 e. The Morgan fingerprint density at radius 2 is 1.67 bits per heavy atom. The zero-order chi connectivity index (χ0) is 14.7. The van der Waals surface area contributed by atoms with E-state index in [1.54, 1.807) is 0 Å². The summed E-state index contributed by atoms with van der Waals surface area (Å²) in [5.74, 6) is 0. The van der Waals surface area contributed by atoms with E-state index in [0.717, 1.165) is 17.8 Å². The number of hydrogen-bond acceptors (Lipinski definition) is 1. The third-order valence-electron chi connectivity index (χ3n) is 3.86. The lowest BCUT2D eigenvalue weighted by molar-refractivity contribution is 1.38. The summed E-state index contributed by atoms with van der Waals surface area (Å²) in [5.41, 5.74) is 7.35. The molecule has 2 aromatic rings. The van der Waals surface area contributed by atoms with E-state index in [-0.39, 0.29) is 0 Å². The van der Waals surface area contributed by atoms with E-state index in [1.165, 1.54) is 22.3 Å². The van der Waals surface area contributed by atoms with Gasteiger partial charge < -0.3 is 0 Å². The SMILES string of the molecule is CC(=Nc1ccccc1)c1ccccc1C1=C(C)C=CC1. The Kier molecular flexibility index (Phi) is 3.83. The molecule has 0 atom stereocenters. The Balaban J connectivity index is 2.04. The molecule has 21 heavy (non-hydrogen) atoms. The molecule has 0 heterocycles. The second-order valence-electron chi connectivity index (χ2n) is 5.35.